The molecule has 0 radical (unpaired) electrons. The second-order valence-electron chi connectivity index (χ2n) is 5.92. The van der Waals surface area contributed by atoms with Crippen molar-refractivity contribution < 1.29 is 19.4 Å². The van der Waals surface area contributed by atoms with E-state index in [-0.39, 0.29) is 12.6 Å². The van der Waals surface area contributed by atoms with Crippen LogP contribution in [0.1, 0.15) is 29.2 Å². The van der Waals surface area contributed by atoms with Crippen LogP contribution in [-0.2, 0) is 9.53 Å². The summed E-state index contributed by atoms with van der Waals surface area (Å²) in [4.78, 5) is 10.8. The number of aryl methyl sites for hydroxylation is 2. The van der Waals surface area contributed by atoms with Crippen molar-refractivity contribution in [3.8, 4) is 16.9 Å². The van der Waals surface area contributed by atoms with Crippen LogP contribution < -0.4 is 4.74 Å². The van der Waals surface area contributed by atoms with E-state index in [1.807, 2.05) is 44.2 Å². The Balaban J connectivity index is 1.84. The maximum atomic E-state index is 10.8. The number of fused-ring (bicyclic) bond motifs is 1. The molecule has 0 unspecified atom stereocenters. The van der Waals surface area contributed by atoms with E-state index in [1.54, 1.807) is 6.08 Å². The van der Waals surface area contributed by atoms with E-state index in [4.69, 9.17) is 9.47 Å². The van der Waals surface area contributed by atoms with Crippen LogP contribution in [0.15, 0.2) is 30.3 Å². The molecule has 2 aromatic rings. The average molecular weight is 324 g/mol. The first kappa shape index (κ1) is 16.1. The fourth-order valence-corrected chi connectivity index (χ4v) is 3.10. The topological polar surface area (TPSA) is 55.8 Å². The molecule has 3 rings (SSSR count). The summed E-state index contributed by atoms with van der Waals surface area (Å²) in [5.41, 5.74) is 6.27. The Morgan fingerprint density at radius 1 is 1.08 bits per heavy atom. The van der Waals surface area contributed by atoms with Crippen LogP contribution in [-0.4, -0.2) is 24.3 Å². The summed E-state index contributed by atoms with van der Waals surface area (Å²) in [7, 11) is 0. The first-order chi connectivity index (χ1) is 11.5. The predicted molar refractivity (Wildman–Crippen MR) is 94.0 cm³/mol. The molecule has 4 nitrogen and oxygen atoms in total. The molecule has 2 aromatic carbocycles. The number of carbonyl (C=O) groups excluding carboxylic acids is 1. The minimum atomic E-state index is -0.309. The minimum Gasteiger partial charge on any atom is -0.507 e. The zero-order chi connectivity index (χ0) is 17.3. The first-order valence-corrected chi connectivity index (χ1v) is 7.89. The van der Waals surface area contributed by atoms with Gasteiger partial charge in [0.1, 0.15) is 24.7 Å². The summed E-state index contributed by atoms with van der Waals surface area (Å²) >= 11 is 0. The van der Waals surface area contributed by atoms with Gasteiger partial charge in [0, 0.05) is 12.5 Å². The van der Waals surface area contributed by atoms with Gasteiger partial charge in [-0.1, -0.05) is 18.2 Å². The van der Waals surface area contributed by atoms with Crippen LogP contribution in [0.5, 0.6) is 5.75 Å². The van der Waals surface area contributed by atoms with Crippen molar-refractivity contribution in [3.63, 3.8) is 0 Å². The average Bonchev–Trinajstić information content (AvgIpc) is 2.49. The summed E-state index contributed by atoms with van der Waals surface area (Å²) in [5.74, 6) is 0.771. The Labute approximate surface area is 141 Å². The van der Waals surface area contributed by atoms with Gasteiger partial charge in [-0.3, -0.25) is 4.79 Å². The highest BCUT2D eigenvalue weighted by atomic mass is 16.6. The highest BCUT2D eigenvalue weighted by Crippen LogP contribution is 2.41. The lowest BCUT2D eigenvalue weighted by molar-refractivity contribution is -0.141. The molecule has 0 atom stereocenters. The van der Waals surface area contributed by atoms with Crippen LogP contribution in [0, 0.1) is 13.8 Å². The van der Waals surface area contributed by atoms with Gasteiger partial charge in [0.25, 0.3) is 0 Å². The number of esters is 1. The van der Waals surface area contributed by atoms with Crippen molar-refractivity contribution in [2.75, 3.05) is 13.2 Å². The molecule has 0 aliphatic heterocycles. The monoisotopic (exact) mass is 324 g/mol. The summed E-state index contributed by atoms with van der Waals surface area (Å²) in [5, 5.41) is 9.96. The van der Waals surface area contributed by atoms with Crippen molar-refractivity contribution in [1.82, 2.24) is 0 Å². The molecule has 0 spiro atoms. The quantitative estimate of drug-likeness (QED) is 0.659. The SMILES string of the molecule is CC(=O)OCCOc1cc(C)c(-c2cccc3c2C(O)=C3)c(C)c1. The number of rotatable bonds is 5. The van der Waals surface area contributed by atoms with Crippen molar-refractivity contribution in [2.24, 2.45) is 0 Å². The van der Waals surface area contributed by atoms with Crippen LogP contribution >= 0.6 is 0 Å². The third-order valence-electron chi connectivity index (χ3n) is 4.08. The van der Waals surface area contributed by atoms with Gasteiger partial charge < -0.3 is 14.6 Å². The van der Waals surface area contributed by atoms with Gasteiger partial charge in [-0.25, -0.2) is 0 Å². The van der Waals surface area contributed by atoms with Crippen molar-refractivity contribution >= 4 is 17.8 Å². The van der Waals surface area contributed by atoms with Gasteiger partial charge in [-0.05, 0) is 59.9 Å². The maximum absolute atomic E-state index is 10.8. The molecule has 124 valence electrons. The highest BCUT2D eigenvalue weighted by molar-refractivity contribution is 5.99. The highest BCUT2D eigenvalue weighted by Gasteiger charge is 2.22. The van der Waals surface area contributed by atoms with Crippen LogP contribution in [0.2, 0.25) is 0 Å². The number of hydrogen-bond donors (Lipinski definition) is 1. The van der Waals surface area contributed by atoms with E-state index >= 15 is 0 Å². The lowest BCUT2D eigenvalue weighted by Crippen LogP contribution is -2.10. The zero-order valence-electron chi connectivity index (χ0n) is 14.1. The third-order valence-corrected chi connectivity index (χ3v) is 4.08. The standard InChI is InChI=1S/C20H20O4/c1-12-9-16(24-8-7-23-14(3)21)10-13(2)19(12)17-6-4-5-15-11-18(22)20(15)17/h4-6,9-11,22H,7-8H2,1-3H3. The van der Waals surface area contributed by atoms with Crippen LogP contribution in [0.3, 0.4) is 0 Å². The molecular formula is C20H20O4. The first-order valence-electron chi connectivity index (χ1n) is 7.89. The largest absolute Gasteiger partial charge is 0.507 e. The van der Waals surface area contributed by atoms with E-state index < -0.39 is 0 Å². The molecule has 0 saturated heterocycles. The van der Waals surface area contributed by atoms with Gasteiger partial charge >= 0.3 is 5.97 Å². The summed E-state index contributed by atoms with van der Waals surface area (Å²) in [6.45, 7) is 5.99. The van der Waals surface area contributed by atoms with Crippen molar-refractivity contribution in [3.05, 3.63) is 52.6 Å². The number of aliphatic hydroxyl groups is 1. The number of ether oxygens (including phenoxy) is 2. The molecule has 1 aliphatic rings. The number of aliphatic hydroxyl groups excluding tert-OH is 1. The molecule has 4 heteroatoms. The molecular weight excluding hydrogens is 304 g/mol. The summed E-state index contributed by atoms with van der Waals surface area (Å²) in [6.07, 6.45) is 1.77. The fourth-order valence-electron chi connectivity index (χ4n) is 3.10. The molecule has 24 heavy (non-hydrogen) atoms. The predicted octanol–water partition coefficient (Wildman–Crippen LogP) is 4.28. The van der Waals surface area contributed by atoms with Crippen LogP contribution in [0.25, 0.3) is 23.0 Å². The fraction of sp³-hybridized carbons (Fsp3) is 0.250. The molecule has 1 N–H and O–H groups in total. The number of hydrogen-bond acceptors (Lipinski definition) is 4. The Kier molecular flexibility index (Phi) is 4.30. The molecule has 0 fully saturated rings. The van der Waals surface area contributed by atoms with E-state index in [9.17, 15) is 9.90 Å². The van der Waals surface area contributed by atoms with E-state index in [2.05, 4.69) is 0 Å². The Morgan fingerprint density at radius 3 is 2.42 bits per heavy atom. The van der Waals surface area contributed by atoms with Crippen LogP contribution in [0.4, 0.5) is 0 Å². The molecule has 0 saturated carbocycles. The van der Waals surface area contributed by atoms with E-state index in [0.717, 1.165) is 39.1 Å². The normalized spacial score (nSPS) is 12.0. The number of carbonyl (C=O) groups is 1. The van der Waals surface area contributed by atoms with Gasteiger partial charge in [-0.15, -0.1) is 0 Å². The number of benzene rings is 2. The van der Waals surface area contributed by atoms with E-state index in [0.29, 0.717) is 12.4 Å². The lowest BCUT2D eigenvalue weighted by atomic mass is 9.84. The molecule has 0 heterocycles. The molecule has 0 amide bonds. The Morgan fingerprint density at radius 2 is 1.79 bits per heavy atom. The Bertz CT molecular complexity index is 811. The van der Waals surface area contributed by atoms with Gasteiger partial charge in [0.15, 0.2) is 0 Å². The zero-order valence-corrected chi connectivity index (χ0v) is 14.1. The minimum absolute atomic E-state index is 0.236. The summed E-state index contributed by atoms with van der Waals surface area (Å²) < 4.78 is 10.5. The van der Waals surface area contributed by atoms with E-state index in [1.165, 1.54) is 6.92 Å². The molecule has 1 aliphatic carbocycles. The molecule has 0 aromatic heterocycles. The Hall–Kier alpha value is -2.75. The maximum Gasteiger partial charge on any atom is 0.302 e. The lowest BCUT2D eigenvalue weighted by Gasteiger charge is -2.22. The third kappa shape index (κ3) is 3.00. The second-order valence-corrected chi connectivity index (χ2v) is 5.92. The van der Waals surface area contributed by atoms with Gasteiger partial charge in [-0.2, -0.15) is 0 Å². The molecule has 0 bridgehead atoms. The van der Waals surface area contributed by atoms with Crippen molar-refractivity contribution in [2.45, 2.75) is 20.8 Å². The van der Waals surface area contributed by atoms with Crippen molar-refractivity contribution in [1.29, 1.82) is 0 Å². The van der Waals surface area contributed by atoms with Gasteiger partial charge in [0.2, 0.25) is 0 Å². The van der Waals surface area contributed by atoms with Gasteiger partial charge in [0.05, 0.1) is 0 Å². The summed E-state index contributed by atoms with van der Waals surface area (Å²) in [6, 6.07) is 9.96. The second kappa shape index (κ2) is 6.40. The smallest absolute Gasteiger partial charge is 0.302 e.